The third kappa shape index (κ3) is 4.77. The molecule has 1 rings (SSSR count). The van der Waals surface area contributed by atoms with Crippen molar-refractivity contribution in [3.63, 3.8) is 0 Å². The van der Waals surface area contributed by atoms with Gasteiger partial charge in [0.05, 0.1) is 0 Å². The minimum atomic E-state index is -0.618. The molecule has 0 atom stereocenters. The molecule has 0 aliphatic carbocycles. The van der Waals surface area contributed by atoms with E-state index in [0.29, 0.717) is 25.3 Å². The summed E-state index contributed by atoms with van der Waals surface area (Å²) in [5.74, 6) is -0.123. The molecule has 0 fully saturated rings. The SMILES string of the molecule is CCCNC(=O)CCNc1ccc(C(N)=O)nn1. The lowest BCUT2D eigenvalue weighted by molar-refractivity contribution is -0.120. The van der Waals surface area contributed by atoms with Crippen LogP contribution >= 0.6 is 0 Å². The van der Waals surface area contributed by atoms with E-state index in [1.165, 1.54) is 6.07 Å². The summed E-state index contributed by atoms with van der Waals surface area (Å²) < 4.78 is 0. The molecule has 7 heteroatoms. The zero-order valence-corrected chi connectivity index (χ0v) is 10.3. The van der Waals surface area contributed by atoms with Crippen LogP contribution in [-0.4, -0.2) is 35.1 Å². The van der Waals surface area contributed by atoms with Gasteiger partial charge in [0.25, 0.3) is 5.91 Å². The number of amides is 2. The van der Waals surface area contributed by atoms with Crippen molar-refractivity contribution < 1.29 is 9.59 Å². The first-order chi connectivity index (χ1) is 8.63. The Balaban J connectivity index is 2.31. The van der Waals surface area contributed by atoms with Gasteiger partial charge in [-0.1, -0.05) is 6.92 Å². The van der Waals surface area contributed by atoms with E-state index < -0.39 is 5.91 Å². The monoisotopic (exact) mass is 251 g/mol. The van der Waals surface area contributed by atoms with E-state index >= 15 is 0 Å². The van der Waals surface area contributed by atoms with E-state index in [-0.39, 0.29) is 11.6 Å². The number of carbonyl (C=O) groups excluding carboxylic acids is 2. The van der Waals surface area contributed by atoms with Crippen LogP contribution in [0.25, 0.3) is 0 Å². The third-order valence-corrected chi connectivity index (χ3v) is 2.15. The van der Waals surface area contributed by atoms with Gasteiger partial charge in [-0.2, -0.15) is 0 Å². The number of nitrogens with two attached hydrogens (primary N) is 1. The van der Waals surface area contributed by atoms with Crippen LogP contribution in [0.2, 0.25) is 0 Å². The molecule has 4 N–H and O–H groups in total. The molecule has 7 nitrogen and oxygen atoms in total. The van der Waals surface area contributed by atoms with Gasteiger partial charge in [-0.3, -0.25) is 9.59 Å². The first kappa shape index (κ1) is 13.9. The largest absolute Gasteiger partial charge is 0.368 e. The first-order valence-corrected chi connectivity index (χ1v) is 5.77. The molecule has 18 heavy (non-hydrogen) atoms. The van der Waals surface area contributed by atoms with Crippen molar-refractivity contribution >= 4 is 17.6 Å². The molecule has 1 aromatic heterocycles. The number of primary amides is 1. The number of aromatic nitrogens is 2. The van der Waals surface area contributed by atoms with Gasteiger partial charge in [-0.15, -0.1) is 10.2 Å². The fourth-order valence-electron chi connectivity index (χ4n) is 1.21. The number of carbonyl (C=O) groups is 2. The molecular weight excluding hydrogens is 234 g/mol. The van der Waals surface area contributed by atoms with E-state index in [4.69, 9.17) is 5.73 Å². The zero-order chi connectivity index (χ0) is 13.4. The molecule has 2 amide bonds. The summed E-state index contributed by atoms with van der Waals surface area (Å²) >= 11 is 0. The minimum Gasteiger partial charge on any atom is -0.368 e. The number of hydrogen-bond donors (Lipinski definition) is 3. The number of hydrogen-bond acceptors (Lipinski definition) is 5. The quantitative estimate of drug-likeness (QED) is 0.627. The Hall–Kier alpha value is -2.18. The molecule has 98 valence electrons. The summed E-state index contributed by atoms with van der Waals surface area (Å²) in [4.78, 5) is 22.0. The molecule has 0 aliphatic rings. The van der Waals surface area contributed by atoms with E-state index in [1.807, 2.05) is 6.92 Å². The maximum Gasteiger partial charge on any atom is 0.269 e. The molecular formula is C11H17N5O2. The maximum atomic E-state index is 11.3. The molecule has 0 spiro atoms. The van der Waals surface area contributed by atoms with Crippen LogP contribution in [0.15, 0.2) is 12.1 Å². The highest BCUT2D eigenvalue weighted by Crippen LogP contribution is 2.01. The Morgan fingerprint density at radius 2 is 2.06 bits per heavy atom. The maximum absolute atomic E-state index is 11.3. The number of nitrogens with one attached hydrogen (secondary N) is 2. The van der Waals surface area contributed by atoms with Crippen molar-refractivity contribution in [2.75, 3.05) is 18.4 Å². The average Bonchev–Trinajstić information content (AvgIpc) is 2.37. The van der Waals surface area contributed by atoms with Crippen molar-refractivity contribution in [2.24, 2.45) is 5.73 Å². The molecule has 0 aliphatic heterocycles. The second-order valence-electron chi connectivity index (χ2n) is 3.69. The van der Waals surface area contributed by atoms with Crippen LogP contribution in [0.1, 0.15) is 30.3 Å². The Labute approximate surface area is 105 Å². The molecule has 1 aromatic rings. The van der Waals surface area contributed by atoms with Gasteiger partial charge in [0.1, 0.15) is 5.82 Å². The van der Waals surface area contributed by atoms with Gasteiger partial charge in [-0.05, 0) is 18.6 Å². The van der Waals surface area contributed by atoms with Crippen LogP contribution in [0, 0.1) is 0 Å². The summed E-state index contributed by atoms with van der Waals surface area (Å²) in [6.45, 7) is 3.14. The van der Waals surface area contributed by atoms with E-state index in [2.05, 4.69) is 20.8 Å². The van der Waals surface area contributed by atoms with Gasteiger partial charge in [0, 0.05) is 19.5 Å². The summed E-state index contributed by atoms with van der Waals surface area (Å²) in [6, 6.07) is 3.08. The molecule has 0 aromatic carbocycles. The lowest BCUT2D eigenvalue weighted by Gasteiger charge is -2.05. The fraction of sp³-hybridized carbons (Fsp3) is 0.455. The molecule has 0 radical (unpaired) electrons. The average molecular weight is 251 g/mol. The second-order valence-corrected chi connectivity index (χ2v) is 3.69. The molecule has 1 heterocycles. The first-order valence-electron chi connectivity index (χ1n) is 5.77. The molecule has 0 saturated carbocycles. The summed E-state index contributed by atoms with van der Waals surface area (Å²) in [5, 5.41) is 13.1. The zero-order valence-electron chi connectivity index (χ0n) is 10.3. The van der Waals surface area contributed by atoms with Gasteiger partial charge >= 0.3 is 0 Å². The van der Waals surface area contributed by atoms with Crippen molar-refractivity contribution in [3.8, 4) is 0 Å². The van der Waals surface area contributed by atoms with Crippen molar-refractivity contribution in [3.05, 3.63) is 17.8 Å². The van der Waals surface area contributed by atoms with Crippen LogP contribution in [0.4, 0.5) is 5.82 Å². The normalized spacial score (nSPS) is 9.83. The fourth-order valence-corrected chi connectivity index (χ4v) is 1.21. The highest BCUT2D eigenvalue weighted by Gasteiger charge is 2.03. The predicted molar refractivity (Wildman–Crippen MR) is 67.0 cm³/mol. The number of anilines is 1. The molecule has 0 unspecified atom stereocenters. The van der Waals surface area contributed by atoms with Crippen LogP contribution in [0.5, 0.6) is 0 Å². The summed E-state index contributed by atoms with van der Waals surface area (Å²) in [6.07, 6.45) is 1.28. The number of nitrogens with zero attached hydrogens (tertiary/aromatic N) is 2. The molecule has 0 saturated heterocycles. The highest BCUT2D eigenvalue weighted by atomic mass is 16.2. The Bertz CT molecular complexity index is 404. The Morgan fingerprint density at radius 3 is 2.61 bits per heavy atom. The highest BCUT2D eigenvalue weighted by molar-refractivity contribution is 5.90. The topological polar surface area (TPSA) is 110 Å². The Kier molecular flexibility index (Phi) is 5.56. The molecule has 0 bridgehead atoms. The van der Waals surface area contributed by atoms with Gasteiger partial charge < -0.3 is 16.4 Å². The minimum absolute atomic E-state index is 0.00827. The predicted octanol–water partition coefficient (Wildman–Crippen LogP) is -0.0963. The van der Waals surface area contributed by atoms with Crippen molar-refractivity contribution in [1.29, 1.82) is 0 Å². The second kappa shape index (κ2) is 7.21. The smallest absolute Gasteiger partial charge is 0.269 e. The van der Waals surface area contributed by atoms with E-state index in [9.17, 15) is 9.59 Å². The Morgan fingerprint density at radius 1 is 1.28 bits per heavy atom. The lowest BCUT2D eigenvalue weighted by Crippen LogP contribution is -2.26. The number of rotatable bonds is 7. The van der Waals surface area contributed by atoms with Crippen LogP contribution < -0.4 is 16.4 Å². The van der Waals surface area contributed by atoms with E-state index in [0.717, 1.165) is 6.42 Å². The van der Waals surface area contributed by atoms with Crippen LogP contribution in [0.3, 0.4) is 0 Å². The lowest BCUT2D eigenvalue weighted by atomic mass is 10.3. The van der Waals surface area contributed by atoms with Crippen molar-refractivity contribution in [1.82, 2.24) is 15.5 Å². The van der Waals surface area contributed by atoms with Crippen molar-refractivity contribution in [2.45, 2.75) is 19.8 Å². The van der Waals surface area contributed by atoms with Gasteiger partial charge in [-0.25, -0.2) is 0 Å². The summed E-state index contributed by atoms with van der Waals surface area (Å²) in [5.41, 5.74) is 5.15. The van der Waals surface area contributed by atoms with E-state index in [1.54, 1.807) is 6.07 Å². The third-order valence-electron chi connectivity index (χ3n) is 2.15. The van der Waals surface area contributed by atoms with Gasteiger partial charge in [0.2, 0.25) is 5.91 Å². The standard InChI is InChI=1S/C11H17N5O2/c1-2-6-14-10(17)5-7-13-9-4-3-8(11(12)18)15-16-9/h3-4H,2,5-7H2,1H3,(H2,12,18)(H,13,16)(H,14,17). The van der Waals surface area contributed by atoms with Gasteiger partial charge in [0.15, 0.2) is 5.69 Å². The van der Waals surface area contributed by atoms with Crippen LogP contribution in [-0.2, 0) is 4.79 Å². The summed E-state index contributed by atoms with van der Waals surface area (Å²) in [7, 11) is 0.